The van der Waals surface area contributed by atoms with Gasteiger partial charge in [0.15, 0.2) is 5.78 Å². The third kappa shape index (κ3) is 5.01. The topological polar surface area (TPSA) is 104 Å². The van der Waals surface area contributed by atoms with E-state index in [1.807, 2.05) is 30.3 Å². The molecule has 6 rings (SSSR count). The first-order chi connectivity index (χ1) is 18.9. The van der Waals surface area contributed by atoms with Crippen LogP contribution in [-0.2, 0) is 0 Å². The average Bonchev–Trinajstić information content (AvgIpc) is 3.35. The van der Waals surface area contributed by atoms with Crippen molar-refractivity contribution >= 4 is 5.78 Å². The second-order valence-corrected chi connectivity index (χ2v) is 8.99. The molecule has 2 aliphatic rings. The fourth-order valence-corrected chi connectivity index (χ4v) is 4.71. The number of fused-ring (bicyclic) bond motifs is 5. The summed E-state index contributed by atoms with van der Waals surface area (Å²) in [5.41, 5.74) is 2.53. The SMILES string of the molecule is COc1ccc(C(=O)c2ccccc2O)c(O)c1.COc1ccc2c(c1)OC1c3ccc(OC)cc3OCC21. The first kappa shape index (κ1) is 25.8. The van der Waals surface area contributed by atoms with Crippen molar-refractivity contribution in [3.63, 3.8) is 0 Å². The van der Waals surface area contributed by atoms with Crippen LogP contribution in [0, 0.1) is 0 Å². The molecule has 4 aromatic carbocycles. The van der Waals surface area contributed by atoms with Gasteiger partial charge in [0.1, 0.15) is 46.4 Å². The Balaban J connectivity index is 0.000000160. The summed E-state index contributed by atoms with van der Waals surface area (Å²) < 4.78 is 27.5. The average molecular weight is 529 g/mol. The molecule has 0 fully saturated rings. The van der Waals surface area contributed by atoms with Crippen molar-refractivity contribution in [2.75, 3.05) is 27.9 Å². The van der Waals surface area contributed by atoms with Gasteiger partial charge in [-0.3, -0.25) is 4.79 Å². The van der Waals surface area contributed by atoms with Gasteiger partial charge in [-0.1, -0.05) is 18.2 Å². The largest absolute Gasteiger partial charge is 0.507 e. The molecule has 4 aromatic rings. The van der Waals surface area contributed by atoms with Crippen LogP contribution in [0.4, 0.5) is 0 Å². The number of hydrogen-bond donors (Lipinski definition) is 2. The predicted molar refractivity (Wildman–Crippen MR) is 144 cm³/mol. The van der Waals surface area contributed by atoms with Gasteiger partial charge in [-0.15, -0.1) is 0 Å². The van der Waals surface area contributed by atoms with E-state index in [4.69, 9.17) is 23.7 Å². The third-order valence-corrected chi connectivity index (χ3v) is 6.78. The number of carbonyl (C=O) groups excluding carboxylic acids is 1. The molecular weight excluding hydrogens is 500 g/mol. The summed E-state index contributed by atoms with van der Waals surface area (Å²) in [6, 6.07) is 22.4. The van der Waals surface area contributed by atoms with Crippen LogP contribution in [0.1, 0.15) is 39.1 Å². The van der Waals surface area contributed by atoms with Gasteiger partial charge in [-0.05, 0) is 42.5 Å². The van der Waals surface area contributed by atoms with E-state index in [9.17, 15) is 15.0 Å². The van der Waals surface area contributed by atoms with Gasteiger partial charge < -0.3 is 33.9 Å². The molecule has 8 nitrogen and oxygen atoms in total. The molecule has 0 aromatic heterocycles. The van der Waals surface area contributed by atoms with E-state index in [2.05, 4.69) is 6.07 Å². The Morgan fingerprint density at radius 1 is 0.718 bits per heavy atom. The van der Waals surface area contributed by atoms with Gasteiger partial charge in [0.2, 0.25) is 0 Å². The standard InChI is InChI=1S/C17H16O4.C14H12O4/c1-18-10-4-6-13-15(7-10)20-9-14-12-5-3-11(19-2)8-16(12)21-17(13)14;1-18-9-6-7-11(13(16)8-9)14(17)10-4-2-3-5-12(10)15/h3-8,14,17H,9H2,1-2H3;2-8,15-16H,1H3. The summed E-state index contributed by atoms with van der Waals surface area (Å²) in [5.74, 6) is 3.29. The number of aromatic hydroxyl groups is 2. The number of ether oxygens (including phenoxy) is 5. The highest BCUT2D eigenvalue weighted by molar-refractivity contribution is 6.12. The Hall–Kier alpha value is -4.85. The van der Waals surface area contributed by atoms with Crippen LogP contribution in [0.5, 0.6) is 40.2 Å². The Morgan fingerprint density at radius 3 is 1.97 bits per heavy atom. The minimum atomic E-state index is -0.437. The van der Waals surface area contributed by atoms with Crippen LogP contribution in [-0.4, -0.2) is 43.9 Å². The van der Waals surface area contributed by atoms with E-state index in [-0.39, 0.29) is 34.6 Å². The van der Waals surface area contributed by atoms with E-state index in [0.717, 1.165) is 28.6 Å². The maximum atomic E-state index is 12.1. The maximum Gasteiger partial charge on any atom is 0.200 e. The smallest absolute Gasteiger partial charge is 0.200 e. The molecule has 39 heavy (non-hydrogen) atoms. The first-order valence-corrected chi connectivity index (χ1v) is 12.3. The molecule has 0 spiro atoms. The number of carbonyl (C=O) groups is 1. The number of ketones is 1. The van der Waals surface area contributed by atoms with Crippen LogP contribution in [0.3, 0.4) is 0 Å². The molecule has 200 valence electrons. The lowest BCUT2D eigenvalue weighted by Crippen LogP contribution is -2.23. The lowest BCUT2D eigenvalue weighted by Gasteiger charge is -2.28. The first-order valence-electron chi connectivity index (χ1n) is 12.3. The minimum absolute atomic E-state index is 0.00163. The van der Waals surface area contributed by atoms with Crippen molar-refractivity contribution in [2.24, 2.45) is 0 Å². The van der Waals surface area contributed by atoms with E-state index in [1.165, 1.54) is 36.9 Å². The third-order valence-electron chi connectivity index (χ3n) is 6.78. The number of phenolic OH excluding ortho intramolecular Hbond substituents is 2. The lowest BCUT2D eigenvalue weighted by molar-refractivity contribution is 0.103. The van der Waals surface area contributed by atoms with E-state index in [1.54, 1.807) is 32.4 Å². The zero-order valence-electron chi connectivity index (χ0n) is 21.7. The summed E-state index contributed by atoms with van der Waals surface area (Å²) in [7, 11) is 4.79. The molecule has 0 aliphatic carbocycles. The molecule has 2 aliphatic heterocycles. The summed E-state index contributed by atoms with van der Waals surface area (Å²) in [5, 5.41) is 19.4. The van der Waals surface area contributed by atoms with Crippen LogP contribution in [0.25, 0.3) is 0 Å². The van der Waals surface area contributed by atoms with Gasteiger partial charge in [0, 0.05) is 29.3 Å². The highest BCUT2D eigenvalue weighted by Crippen LogP contribution is 2.52. The lowest BCUT2D eigenvalue weighted by atomic mass is 9.89. The molecule has 2 heterocycles. The molecule has 0 saturated heterocycles. The van der Waals surface area contributed by atoms with Crippen molar-refractivity contribution in [2.45, 2.75) is 12.0 Å². The monoisotopic (exact) mass is 528 g/mol. The van der Waals surface area contributed by atoms with E-state index < -0.39 is 5.78 Å². The van der Waals surface area contributed by atoms with Crippen LogP contribution in [0.15, 0.2) is 78.9 Å². The van der Waals surface area contributed by atoms with Crippen LogP contribution < -0.4 is 23.7 Å². The number of hydrogen-bond acceptors (Lipinski definition) is 8. The molecule has 2 unspecified atom stereocenters. The molecular formula is C31H28O8. The van der Waals surface area contributed by atoms with Crippen molar-refractivity contribution in [1.29, 1.82) is 0 Å². The van der Waals surface area contributed by atoms with Gasteiger partial charge in [0.25, 0.3) is 0 Å². The second kappa shape index (κ2) is 10.9. The van der Waals surface area contributed by atoms with Gasteiger partial charge >= 0.3 is 0 Å². The Labute approximate surface area is 225 Å². The minimum Gasteiger partial charge on any atom is -0.507 e. The number of rotatable bonds is 5. The van der Waals surface area contributed by atoms with Crippen molar-refractivity contribution in [3.8, 4) is 40.2 Å². The number of methoxy groups -OCH3 is 3. The van der Waals surface area contributed by atoms with Gasteiger partial charge in [-0.25, -0.2) is 0 Å². The molecule has 2 atom stereocenters. The Morgan fingerprint density at radius 2 is 1.31 bits per heavy atom. The van der Waals surface area contributed by atoms with Crippen LogP contribution >= 0.6 is 0 Å². The second-order valence-electron chi connectivity index (χ2n) is 8.99. The van der Waals surface area contributed by atoms with E-state index >= 15 is 0 Å². The van der Waals surface area contributed by atoms with Crippen molar-refractivity contribution in [3.05, 3.63) is 101 Å². The Kier molecular flexibility index (Phi) is 7.19. The number of benzene rings is 4. The quantitative estimate of drug-likeness (QED) is 0.320. The van der Waals surface area contributed by atoms with Gasteiger partial charge in [0.05, 0.1) is 45.0 Å². The number of phenols is 2. The Bertz CT molecular complexity index is 1510. The zero-order chi connectivity index (χ0) is 27.5. The summed E-state index contributed by atoms with van der Waals surface area (Å²) in [6.45, 7) is 0.615. The van der Waals surface area contributed by atoms with Gasteiger partial charge in [-0.2, -0.15) is 0 Å². The molecule has 8 heteroatoms. The summed E-state index contributed by atoms with van der Waals surface area (Å²) in [6.07, 6.45) is 0.00163. The molecule has 2 N–H and O–H groups in total. The molecule has 0 saturated carbocycles. The zero-order valence-corrected chi connectivity index (χ0v) is 21.7. The molecule has 0 amide bonds. The highest BCUT2D eigenvalue weighted by Gasteiger charge is 2.40. The summed E-state index contributed by atoms with van der Waals surface area (Å²) in [4.78, 5) is 12.1. The fraction of sp³-hybridized carbons (Fsp3) is 0.194. The number of para-hydroxylation sites is 1. The highest BCUT2D eigenvalue weighted by atomic mass is 16.5. The molecule has 0 bridgehead atoms. The van der Waals surface area contributed by atoms with E-state index in [0.29, 0.717) is 12.4 Å². The molecule has 0 radical (unpaired) electrons. The van der Waals surface area contributed by atoms with Crippen LogP contribution in [0.2, 0.25) is 0 Å². The van der Waals surface area contributed by atoms with Crippen molar-refractivity contribution < 1.29 is 38.7 Å². The normalized spacial score (nSPS) is 16.2. The predicted octanol–water partition coefficient (Wildman–Crippen LogP) is 5.65. The van der Waals surface area contributed by atoms with Crippen molar-refractivity contribution in [1.82, 2.24) is 0 Å². The summed E-state index contributed by atoms with van der Waals surface area (Å²) >= 11 is 0. The fourth-order valence-electron chi connectivity index (χ4n) is 4.71. The maximum absolute atomic E-state index is 12.1.